The number of rotatable bonds is 2. The van der Waals surface area contributed by atoms with Crippen molar-refractivity contribution >= 4 is 11.8 Å². The number of piperidine rings is 1. The van der Waals surface area contributed by atoms with Crippen LogP contribution in [-0.2, 0) is 11.2 Å². The second kappa shape index (κ2) is 5.92. The summed E-state index contributed by atoms with van der Waals surface area (Å²) in [5, 5.41) is 6.64. The van der Waals surface area contributed by atoms with E-state index in [4.69, 9.17) is 4.74 Å². The first-order valence-corrected chi connectivity index (χ1v) is 9.05. The monoisotopic (exact) mass is 326 g/mol. The first-order valence-electron chi connectivity index (χ1n) is 9.05. The SMILES string of the molecule is CCOC(=O)Nc1ccc2c(c1)C1C(C)=C(C)C3CNC(C2)C1C3. The Balaban J connectivity index is 1.72. The lowest BCUT2D eigenvalue weighted by Crippen LogP contribution is -2.53. The molecule has 4 heteroatoms. The Morgan fingerprint density at radius 1 is 1.33 bits per heavy atom. The second-order valence-corrected chi connectivity index (χ2v) is 7.42. The van der Waals surface area contributed by atoms with E-state index in [9.17, 15) is 4.79 Å². The Hall–Kier alpha value is -1.81. The molecule has 2 bridgehead atoms. The third-order valence-corrected chi connectivity index (χ3v) is 6.27. The van der Waals surface area contributed by atoms with Gasteiger partial charge in [0.1, 0.15) is 0 Å². The number of carbonyl (C=O) groups excluding carboxylic acids is 1. The van der Waals surface area contributed by atoms with Crippen molar-refractivity contribution in [3.63, 3.8) is 0 Å². The molecule has 24 heavy (non-hydrogen) atoms. The number of hydrogen-bond donors (Lipinski definition) is 2. The van der Waals surface area contributed by atoms with Crippen LogP contribution in [0.1, 0.15) is 44.2 Å². The summed E-state index contributed by atoms with van der Waals surface area (Å²) in [5.74, 6) is 1.86. The molecule has 1 aliphatic heterocycles. The number of benzene rings is 1. The molecule has 0 spiro atoms. The standard InChI is InChI=1S/C20H26N2O2/c1-4-24-20(23)22-15-6-5-13-8-18-17-7-14(10-21-18)11(2)12(3)19(17)16(13)9-15/h5-6,9,14,17-19,21H,4,7-8,10H2,1-3H3,(H,22,23). The number of anilines is 1. The highest BCUT2D eigenvalue weighted by atomic mass is 16.5. The lowest BCUT2D eigenvalue weighted by molar-refractivity contribution is 0.168. The maximum atomic E-state index is 11.7. The van der Waals surface area contributed by atoms with Gasteiger partial charge in [-0.25, -0.2) is 4.79 Å². The largest absolute Gasteiger partial charge is 0.450 e. The molecule has 0 saturated carbocycles. The molecule has 1 aromatic carbocycles. The molecule has 1 saturated heterocycles. The van der Waals surface area contributed by atoms with E-state index in [1.807, 2.05) is 13.0 Å². The number of amides is 1. The van der Waals surface area contributed by atoms with Crippen molar-refractivity contribution in [3.8, 4) is 0 Å². The van der Waals surface area contributed by atoms with Gasteiger partial charge in [-0.2, -0.15) is 0 Å². The van der Waals surface area contributed by atoms with Gasteiger partial charge in [-0.05, 0) is 68.7 Å². The Bertz CT molecular complexity index is 710. The van der Waals surface area contributed by atoms with Crippen molar-refractivity contribution < 1.29 is 9.53 Å². The molecular weight excluding hydrogens is 300 g/mol. The van der Waals surface area contributed by atoms with Crippen molar-refractivity contribution in [2.75, 3.05) is 18.5 Å². The van der Waals surface area contributed by atoms with Crippen LogP contribution in [-0.4, -0.2) is 25.3 Å². The van der Waals surface area contributed by atoms with E-state index in [2.05, 4.69) is 36.6 Å². The van der Waals surface area contributed by atoms with Crippen LogP contribution < -0.4 is 10.6 Å². The summed E-state index contributed by atoms with van der Waals surface area (Å²) in [5.41, 5.74) is 6.73. The lowest BCUT2D eigenvalue weighted by atomic mass is 9.59. The number of nitrogens with one attached hydrogen (secondary N) is 2. The van der Waals surface area contributed by atoms with E-state index in [0.29, 0.717) is 30.4 Å². The third kappa shape index (κ3) is 2.44. The van der Waals surface area contributed by atoms with Gasteiger partial charge in [0.05, 0.1) is 6.61 Å². The number of hydrogen-bond acceptors (Lipinski definition) is 3. The Labute approximate surface area is 143 Å². The van der Waals surface area contributed by atoms with Crippen LogP contribution in [0.5, 0.6) is 0 Å². The second-order valence-electron chi connectivity index (χ2n) is 7.42. The predicted octanol–water partition coefficient (Wildman–Crippen LogP) is 3.84. The van der Waals surface area contributed by atoms with Gasteiger partial charge in [-0.1, -0.05) is 17.2 Å². The summed E-state index contributed by atoms with van der Waals surface area (Å²) in [6.07, 6.45) is 2.01. The average Bonchev–Trinajstić information content (AvgIpc) is 2.57. The molecule has 4 rings (SSSR count). The molecule has 1 fully saturated rings. The third-order valence-electron chi connectivity index (χ3n) is 6.27. The summed E-state index contributed by atoms with van der Waals surface area (Å²) in [6, 6.07) is 6.93. The zero-order valence-corrected chi connectivity index (χ0v) is 14.7. The fourth-order valence-corrected chi connectivity index (χ4v) is 4.97. The molecule has 1 amide bonds. The smallest absolute Gasteiger partial charge is 0.411 e. The van der Waals surface area contributed by atoms with Crippen LogP contribution in [0.3, 0.4) is 0 Å². The minimum absolute atomic E-state index is 0.377. The van der Waals surface area contributed by atoms with Crippen LogP contribution in [0, 0.1) is 11.8 Å². The van der Waals surface area contributed by atoms with Crippen molar-refractivity contribution in [1.82, 2.24) is 5.32 Å². The number of ether oxygens (including phenoxy) is 1. The lowest BCUT2D eigenvalue weighted by Gasteiger charge is -2.50. The zero-order chi connectivity index (χ0) is 16.8. The van der Waals surface area contributed by atoms with E-state index < -0.39 is 0 Å². The molecule has 0 aromatic heterocycles. The van der Waals surface area contributed by atoms with Gasteiger partial charge in [0.2, 0.25) is 0 Å². The van der Waals surface area contributed by atoms with Gasteiger partial charge in [-0.15, -0.1) is 0 Å². The number of allylic oxidation sites excluding steroid dienone is 1. The summed E-state index contributed by atoms with van der Waals surface area (Å²) in [7, 11) is 0. The van der Waals surface area contributed by atoms with Gasteiger partial charge in [0, 0.05) is 24.2 Å². The molecule has 1 heterocycles. The highest BCUT2D eigenvalue weighted by molar-refractivity contribution is 5.84. The minimum atomic E-state index is -0.377. The fraction of sp³-hybridized carbons (Fsp3) is 0.550. The molecule has 1 aromatic rings. The van der Waals surface area contributed by atoms with Gasteiger partial charge in [0.15, 0.2) is 0 Å². The molecule has 128 valence electrons. The molecule has 4 unspecified atom stereocenters. The van der Waals surface area contributed by atoms with Crippen LogP contribution >= 0.6 is 0 Å². The molecule has 4 atom stereocenters. The quantitative estimate of drug-likeness (QED) is 0.812. The van der Waals surface area contributed by atoms with Crippen LogP contribution in [0.2, 0.25) is 0 Å². The average molecular weight is 326 g/mol. The molecule has 3 aliphatic rings. The summed E-state index contributed by atoms with van der Waals surface area (Å²) >= 11 is 0. The summed E-state index contributed by atoms with van der Waals surface area (Å²) < 4.78 is 5.01. The van der Waals surface area contributed by atoms with Gasteiger partial charge >= 0.3 is 6.09 Å². The van der Waals surface area contributed by atoms with Crippen molar-refractivity contribution in [2.24, 2.45) is 11.8 Å². The van der Waals surface area contributed by atoms with E-state index in [1.54, 1.807) is 5.57 Å². The Morgan fingerprint density at radius 2 is 2.17 bits per heavy atom. The summed E-state index contributed by atoms with van der Waals surface area (Å²) in [4.78, 5) is 11.7. The Kier molecular flexibility index (Phi) is 3.87. The Morgan fingerprint density at radius 3 is 2.96 bits per heavy atom. The van der Waals surface area contributed by atoms with Crippen LogP contribution in [0.15, 0.2) is 29.3 Å². The molecule has 4 nitrogen and oxygen atoms in total. The van der Waals surface area contributed by atoms with E-state index in [-0.39, 0.29) is 6.09 Å². The van der Waals surface area contributed by atoms with Crippen molar-refractivity contribution in [1.29, 1.82) is 0 Å². The van der Waals surface area contributed by atoms with E-state index in [1.165, 1.54) is 23.1 Å². The first-order chi connectivity index (χ1) is 11.6. The molecule has 0 radical (unpaired) electrons. The van der Waals surface area contributed by atoms with Gasteiger partial charge in [0.25, 0.3) is 0 Å². The maximum absolute atomic E-state index is 11.7. The van der Waals surface area contributed by atoms with E-state index >= 15 is 0 Å². The molecule has 2 N–H and O–H groups in total. The minimum Gasteiger partial charge on any atom is -0.450 e. The van der Waals surface area contributed by atoms with Crippen LogP contribution in [0.4, 0.5) is 10.5 Å². The highest BCUT2D eigenvalue weighted by Crippen LogP contribution is 2.51. The first kappa shape index (κ1) is 15.7. The zero-order valence-electron chi connectivity index (χ0n) is 14.7. The summed E-state index contributed by atoms with van der Waals surface area (Å²) in [6.45, 7) is 7.93. The van der Waals surface area contributed by atoms with E-state index in [0.717, 1.165) is 18.7 Å². The predicted molar refractivity (Wildman–Crippen MR) is 95.3 cm³/mol. The highest BCUT2D eigenvalue weighted by Gasteiger charge is 2.45. The number of fused-ring (bicyclic) bond motifs is 3. The van der Waals surface area contributed by atoms with Gasteiger partial charge in [-0.3, -0.25) is 5.32 Å². The van der Waals surface area contributed by atoms with Crippen molar-refractivity contribution in [3.05, 3.63) is 40.5 Å². The van der Waals surface area contributed by atoms with Crippen LogP contribution in [0.25, 0.3) is 0 Å². The van der Waals surface area contributed by atoms with Crippen molar-refractivity contribution in [2.45, 2.75) is 45.6 Å². The molecule has 2 aliphatic carbocycles. The normalized spacial score (nSPS) is 30.6. The number of carbonyl (C=O) groups is 1. The topological polar surface area (TPSA) is 50.4 Å². The fourth-order valence-electron chi connectivity index (χ4n) is 4.97. The van der Waals surface area contributed by atoms with Gasteiger partial charge < -0.3 is 10.1 Å². The molecular formula is C20H26N2O2. The maximum Gasteiger partial charge on any atom is 0.411 e.